The third-order valence-corrected chi connectivity index (χ3v) is 4.72. The van der Waals surface area contributed by atoms with Gasteiger partial charge in [-0.1, -0.05) is 34.5 Å². The van der Waals surface area contributed by atoms with Gasteiger partial charge in [-0.25, -0.2) is 8.42 Å². The van der Waals surface area contributed by atoms with Crippen molar-refractivity contribution >= 4 is 27.6 Å². The highest BCUT2D eigenvalue weighted by molar-refractivity contribution is 7.88. The normalized spacial score (nSPS) is 18.0. The quantitative estimate of drug-likeness (QED) is 0.824. The molecule has 1 aromatic heterocycles. The highest BCUT2D eigenvalue weighted by atomic mass is 35.5. The largest absolute Gasteiger partial charge is 0.335 e. The zero-order valence-corrected chi connectivity index (χ0v) is 15.3. The summed E-state index contributed by atoms with van der Waals surface area (Å²) in [6.45, 7) is 0. The second-order valence-corrected chi connectivity index (χ2v) is 8.26. The van der Waals surface area contributed by atoms with E-state index < -0.39 is 10.0 Å². The van der Waals surface area contributed by atoms with Gasteiger partial charge in [-0.2, -0.15) is 4.98 Å². The van der Waals surface area contributed by atoms with Gasteiger partial charge >= 0.3 is 6.01 Å². The van der Waals surface area contributed by atoms with Gasteiger partial charge < -0.3 is 9.84 Å². The van der Waals surface area contributed by atoms with Crippen LogP contribution in [0, 0.1) is 0 Å². The van der Waals surface area contributed by atoms with Crippen LogP contribution in [0.1, 0.15) is 25.7 Å². The van der Waals surface area contributed by atoms with Crippen molar-refractivity contribution in [1.29, 1.82) is 0 Å². The fourth-order valence-corrected chi connectivity index (χ4v) is 3.24. The van der Waals surface area contributed by atoms with Crippen LogP contribution < -0.4 is 10.0 Å². The molecule has 1 aliphatic rings. The molecular formula is C16H19ClN4O3S. The Morgan fingerprint density at radius 2 is 2.08 bits per heavy atom. The first kappa shape index (κ1) is 17.8. The minimum Gasteiger partial charge on any atom is -0.335 e. The molecular weight excluding hydrogens is 364 g/mol. The van der Waals surface area contributed by atoms with E-state index in [2.05, 4.69) is 20.2 Å². The topological polar surface area (TPSA) is 97.1 Å². The maximum atomic E-state index is 11.1. The molecule has 0 aliphatic heterocycles. The molecule has 0 radical (unpaired) electrons. The predicted molar refractivity (Wildman–Crippen MR) is 96.7 cm³/mol. The molecule has 0 bridgehead atoms. The van der Waals surface area contributed by atoms with Crippen molar-refractivity contribution in [1.82, 2.24) is 14.9 Å². The van der Waals surface area contributed by atoms with Crippen LogP contribution in [0.5, 0.6) is 0 Å². The molecule has 1 fully saturated rings. The summed E-state index contributed by atoms with van der Waals surface area (Å²) in [5, 5.41) is 7.83. The average molecular weight is 383 g/mol. The number of hydrogen-bond acceptors (Lipinski definition) is 6. The summed E-state index contributed by atoms with van der Waals surface area (Å²) in [7, 11) is -3.20. The van der Waals surface area contributed by atoms with Crippen LogP contribution in [0.25, 0.3) is 11.4 Å². The van der Waals surface area contributed by atoms with Gasteiger partial charge in [0.1, 0.15) is 0 Å². The van der Waals surface area contributed by atoms with Crippen molar-refractivity contribution in [3.05, 3.63) is 41.1 Å². The summed E-state index contributed by atoms with van der Waals surface area (Å²) in [5.74, 6) is 0.485. The summed E-state index contributed by atoms with van der Waals surface area (Å²) in [6.07, 6.45) is 6.10. The number of aromatic nitrogens is 2. The highest BCUT2D eigenvalue weighted by Gasteiger charge is 2.19. The number of benzene rings is 1. The molecule has 134 valence electrons. The number of hydrogen-bond donors (Lipinski definition) is 2. The molecule has 2 aromatic rings. The summed E-state index contributed by atoms with van der Waals surface area (Å²) in [5.41, 5.74) is 1.89. The van der Waals surface area contributed by atoms with Crippen LogP contribution >= 0.6 is 11.6 Å². The Hall–Kier alpha value is -2.06. The Bertz CT molecular complexity index is 869. The second kappa shape index (κ2) is 7.45. The molecule has 1 heterocycles. The molecule has 1 saturated carbocycles. The molecule has 0 saturated heterocycles. The maximum absolute atomic E-state index is 11.1. The Morgan fingerprint density at radius 1 is 1.32 bits per heavy atom. The number of allylic oxidation sites excluding steroid dienone is 1. The van der Waals surface area contributed by atoms with E-state index in [1.54, 1.807) is 18.3 Å². The lowest BCUT2D eigenvalue weighted by Gasteiger charge is -2.23. The van der Waals surface area contributed by atoms with Gasteiger partial charge in [0.15, 0.2) is 0 Å². The van der Waals surface area contributed by atoms with Crippen LogP contribution in [0.15, 0.2) is 40.6 Å². The van der Waals surface area contributed by atoms with Crippen molar-refractivity contribution in [3.8, 4) is 11.4 Å². The van der Waals surface area contributed by atoms with Crippen molar-refractivity contribution in [3.63, 3.8) is 0 Å². The number of nitrogens with one attached hydrogen (secondary N) is 2. The number of sulfonamides is 1. The molecule has 0 unspecified atom stereocenters. The van der Waals surface area contributed by atoms with E-state index in [-0.39, 0.29) is 6.04 Å². The summed E-state index contributed by atoms with van der Waals surface area (Å²) >= 11 is 5.97. The van der Waals surface area contributed by atoms with Crippen molar-refractivity contribution in [2.45, 2.75) is 31.7 Å². The van der Waals surface area contributed by atoms with Gasteiger partial charge in [0.2, 0.25) is 15.8 Å². The van der Waals surface area contributed by atoms with Gasteiger partial charge in [0.05, 0.1) is 6.26 Å². The van der Waals surface area contributed by atoms with Crippen LogP contribution in [0.4, 0.5) is 6.01 Å². The zero-order chi connectivity index (χ0) is 17.9. The molecule has 25 heavy (non-hydrogen) atoms. The van der Waals surface area contributed by atoms with E-state index in [0.29, 0.717) is 16.9 Å². The minimum absolute atomic E-state index is 0.211. The Morgan fingerprint density at radius 3 is 2.76 bits per heavy atom. The van der Waals surface area contributed by atoms with Gasteiger partial charge in [-0.05, 0) is 37.8 Å². The van der Waals surface area contributed by atoms with E-state index in [1.807, 2.05) is 12.1 Å². The lowest BCUT2D eigenvalue weighted by Crippen LogP contribution is -2.24. The molecule has 3 rings (SSSR count). The van der Waals surface area contributed by atoms with Crippen LogP contribution in [0.2, 0.25) is 5.02 Å². The standard InChI is InChI=1S/C16H19ClN4O3S/c1-25(22,23)18-10-11-5-7-14(8-6-11)19-16-20-15(21-24-16)12-3-2-4-13(17)9-12/h2-4,9-10,14,18H,5-8H2,1H3,(H,19,20,21). The lowest BCUT2D eigenvalue weighted by atomic mass is 9.91. The monoisotopic (exact) mass is 382 g/mol. The third-order valence-electron chi connectivity index (χ3n) is 3.94. The number of nitrogens with zero attached hydrogens (tertiary/aromatic N) is 2. The van der Waals surface area contributed by atoms with Gasteiger partial charge in [0.25, 0.3) is 0 Å². The fraction of sp³-hybridized carbons (Fsp3) is 0.375. The highest BCUT2D eigenvalue weighted by Crippen LogP contribution is 2.26. The molecule has 1 aliphatic carbocycles. The molecule has 1 aromatic carbocycles. The SMILES string of the molecule is CS(=O)(=O)NC=C1CCC(Nc2nc(-c3cccc(Cl)c3)no2)CC1. The van der Waals surface area contributed by atoms with E-state index in [4.69, 9.17) is 16.1 Å². The second-order valence-electron chi connectivity index (χ2n) is 6.04. The Labute approximate surface area is 151 Å². The van der Waals surface area contributed by atoms with E-state index in [0.717, 1.165) is 43.1 Å². The zero-order valence-electron chi connectivity index (χ0n) is 13.7. The molecule has 0 spiro atoms. The molecule has 0 atom stereocenters. The molecule has 2 N–H and O–H groups in total. The molecule has 9 heteroatoms. The first-order valence-corrected chi connectivity index (χ1v) is 10.2. The Kier molecular flexibility index (Phi) is 5.29. The van der Waals surface area contributed by atoms with Crippen LogP contribution in [0.3, 0.4) is 0 Å². The smallest absolute Gasteiger partial charge is 0.322 e. The summed E-state index contributed by atoms with van der Waals surface area (Å²) < 4.78 is 29.9. The average Bonchev–Trinajstić information content (AvgIpc) is 3.02. The molecule has 0 amide bonds. The summed E-state index contributed by atoms with van der Waals surface area (Å²) in [6, 6.07) is 7.86. The summed E-state index contributed by atoms with van der Waals surface area (Å²) in [4.78, 5) is 4.35. The lowest BCUT2D eigenvalue weighted by molar-refractivity contribution is 0.419. The molecule has 7 nitrogen and oxygen atoms in total. The minimum atomic E-state index is -3.20. The number of anilines is 1. The first-order valence-electron chi connectivity index (χ1n) is 7.90. The Balaban J connectivity index is 1.56. The van der Waals surface area contributed by atoms with Crippen molar-refractivity contribution in [2.24, 2.45) is 0 Å². The first-order chi connectivity index (χ1) is 11.9. The third kappa shape index (κ3) is 5.20. The van der Waals surface area contributed by atoms with Crippen LogP contribution in [-0.2, 0) is 10.0 Å². The van der Waals surface area contributed by atoms with Gasteiger partial charge in [0, 0.05) is 22.8 Å². The van der Waals surface area contributed by atoms with Crippen molar-refractivity contribution < 1.29 is 12.9 Å². The fourth-order valence-electron chi connectivity index (χ4n) is 2.67. The van der Waals surface area contributed by atoms with E-state index in [9.17, 15) is 8.42 Å². The van der Waals surface area contributed by atoms with E-state index in [1.165, 1.54) is 0 Å². The number of rotatable bonds is 5. The number of halogens is 1. The van der Waals surface area contributed by atoms with Gasteiger partial charge in [-0.3, -0.25) is 4.72 Å². The van der Waals surface area contributed by atoms with Gasteiger partial charge in [-0.15, -0.1) is 0 Å². The van der Waals surface area contributed by atoms with Crippen LogP contribution in [-0.4, -0.2) is 30.9 Å². The predicted octanol–water partition coefficient (Wildman–Crippen LogP) is 3.18. The van der Waals surface area contributed by atoms with Crippen molar-refractivity contribution in [2.75, 3.05) is 11.6 Å². The van der Waals surface area contributed by atoms with E-state index >= 15 is 0 Å². The maximum Gasteiger partial charge on any atom is 0.322 e.